The van der Waals surface area contributed by atoms with E-state index >= 15 is 0 Å². The fourth-order valence-corrected chi connectivity index (χ4v) is 4.41. The van der Waals surface area contributed by atoms with Crippen LogP contribution in [-0.4, -0.2) is 46.5 Å². The summed E-state index contributed by atoms with van der Waals surface area (Å²) in [6.07, 6.45) is 5.38. The number of fused-ring (bicyclic) bond motifs is 1. The summed E-state index contributed by atoms with van der Waals surface area (Å²) in [5, 5.41) is 6.50. The number of hydrogen-bond donors (Lipinski definition) is 3. The number of H-pyrrole nitrogens is 1. The molecule has 0 radical (unpaired) electrons. The van der Waals surface area contributed by atoms with Crippen molar-refractivity contribution in [3.8, 4) is 11.3 Å². The minimum atomic E-state index is -0.925. The molecule has 0 unspecified atom stereocenters. The SMILES string of the molecule is CCN1CCC(Nc2ccc3c(c2)C(=Cc2ncc(-c4ccc(F)c(F)c4)[nH]2)C(=O)N3)CC1. The molecular formula is C25H25F2N5O. The molecule has 3 N–H and O–H groups in total. The lowest BCUT2D eigenvalue weighted by Crippen LogP contribution is -2.38. The first-order valence-electron chi connectivity index (χ1n) is 11.2. The van der Waals surface area contributed by atoms with E-state index in [-0.39, 0.29) is 5.91 Å². The van der Waals surface area contributed by atoms with Crippen LogP contribution < -0.4 is 10.6 Å². The van der Waals surface area contributed by atoms with Crippen LogP contribution in [-0.2, 0) is 4.79 Å². The van der Waals surface area contributed by atoms with Gasteiger partial charge in [-0.3, -0.25) is 4.79 Å². The van der Waals surface area contributed by atoms with Gasteiger partial charge in [0.05, 0.1) is 17.5 Å². The number of likely N-dealkylation sites (tertiary alicyclic amines) is 1. The molecule has 0 spiro atoms. The largest absolute Gasteiger partial charge is 0.382 e. The number of aromatic amines is 1. The van der Waals surface area contributed by atoms with E-state index in [2.05, 4.69) is 32.4 Å². The maximum atomic E-state index is 13.6. The standard InChI is InChI=1S/C25H25F2N5O/c1-2-32-9-7-16(8-10-32)29-17-4-6-22-18(12-17)19(25(33)31-22)13-24-28-14-23(30-24)15-3-5-20(26)21(27)11-15/h3-6,11-14,16,29H,2,7-10H2,1H3,(H,28,30)(H,31,33). The van der Waals surface area contributed by atoms with E-state index in [1.807, 2.05) is 18.2 Å². The van der Waals surface area contributed by atoms with Gasteiger partial charge in [-0.15, -0.1) is 0 Å². The maximum absolute atomic E-state index is 13.6. The molecule has 2 aliphatic heterocycles. The van der Waals surface area contributed by atoms with E-state index in [0.29, 0.717) is 28.7 Å². The number of carbonyl (C=O) groups is 1. The molecule has 170 valence electrons. The summed E-state index contributed by atoms with van der Waals surface area (Å²) in [4.78, 5) is 22.4. The number of carbonyl (C=O) groups excluding carboxylic acids is 1. The molecular weight excluding hydrogens is 424 g/mol. The second-order valence-corrected chi connectivity index (χ2v) is 8.44. The molecule has 5 rings (SSSR count). The van der Waals surface area contributed by atoms with Crippen molar-refractivity contribution in [1.29, 1.82) is 0 Å². The van der Waals surface area contributed by atoms with Gasteiger partial charge in [0.2, 0.25) is 0 Å². The highest BCUT2D eigenvalue weighted by atomic mass is 19.2. The fraction of sp³-hybridized carbons (Fsp3) is 0.280. The van der Waals surface area contributed by atoms with Crippen molar-refractivity contribution in [3.63, 3.8) is 0 Å². The average molecular weight is 450 g/mol. The number of piperidine rings is 1. The molecule has 1 aromatic heterocycles. The molecule has 33 heavy (non-hydrogen) atoms. The molecule has 1 amide bonds. The Balaban J connectivity index is 1.37. The van der Waals surface area contributed by atoms with Gasteiger partial charge in [-0.05, 0) is 61.9 Å². The van der Waals surface area contributed by atoms with Crippen LogP contribution in [0.5, 0.6) is 0 Å². The Kier molecular flexibility index (Phi) is 5.68. The van der Waals surface area contributed by atoms with Crippen LogP contribution in [0, 0.1) is 11.6 Å². The number of anilines is 2. The van der Waals surface area contributed by atoms with Crippen LogP contribution in [0.4, 0.5) is 20.2 Å². The Bertz CT molecular complexity index is 1230. The quantitative estimate of drug-likeness (QED) is 0.492. The molecule has 2 aliphatic rings. The van der Waals surface area contributed by atoms with Crippen LogP contribution in [0.15, 0.2) is 42.6 Å². The third-order valence-corrected chi connectivity index (χ3v) is 6.32. The minimum absolute atomic E-state index is 0.204. The van der Waals surface area contributed by atoms with Crippen molar-refractivity contribution in [3.05, 3.63) is 65.6 Å². The summed E-state index contributed by atoms with van der Waals surface area (Å²) in [6.45, 7) is 5.44. The van der Waals surface area contributed by atoms with E-state index in [1.165, 1.54) is 12.3 Å². The lowest BCUT2D eigenvalue weighted by molar-refractivity contribution is -0.110. The first-order chi connectivity index (χ1) is 16.0. The third-order valence-electron chi connectivity index (χ3n) is 6.32. The van der Waals surface area contributed by atoms with E-state index < -0.39 is 11.6 Å². The third kappa shape index (κ3) is 4.39. The number of amides is 1. The van der Waals surface area contributed by atoms with Crippen molar-refractivity contribution in [2.75, 3.05) is 30.3 Å². The molecule has 8 heteroatoms. The van der Waals surface area contributed by atoms with Crippen LogP contribution >= 0.6 is 0 Å². The Labute approximate surface area is 190 Å². The van der Waals surface area contributed by atoms with Gasteiger partial charge in [0.25, 0.3) is 5.91 Å². The molecule has 1 saturated heterocycles. The Morgan fingerprint density at radius 1 is 1.15 bits per heavy atom. The van der Waals surface area contributed by atoms with Crippen molar-refractivity contribution >= 4 is 28.9 Å². The number of nitrogens with one attached hydrogen (secondary N) is 3. The number of halogens is 2. The smallest absolute Gasteiger partial charge is 0.256 e. The molecule has 3 heterocycles. The van der Waals surface area contributed by atoms with Gasteiger partial charge in [0, 0.05) is 41.6 Å². The highest BCUT2D eigenvalue weighted by Gasteiger charge is 2.26. The number of hydrogen-bond acceptors (Lipinski definition) is 4. The molecule has 3 aromatic rings. The normalized spacial score (nSPS) is 17.9. The zero-order chi connectivity index (χ0) is 22.9. The first kappa shape index (κ1) is 21.3. The van der Waals surface area contributed by atoms with E-state index in [1.54, 1.807) is 6.08 Å². The zero-order valence-electron chi connectivity index (χ0n) is 18.3. The Morgan fingerprint density at radius 3 is 2.73 bits per heavy atom. The van der Waals surface area contributed by atoms with Gasteiger partial charge < -0.3 is 20.5 Å². The first-order valence-corrected chi connectivity index (χ1v) is 11.2. The predicted octanol–water partition coefficient (Wildman–Crippen LogP) is 4.74. The van der Waals surface area contributed by atoms with Gasteiger partial charge in [0.1, 0.15) is 5.82 Å². The van der Waals surface area contributed by atoms with E-state index in [0.717, 1.165) is 61.5 Å². The van der Waals surface area contributed by atoms with Crippen molar-refractivity contribution in [2.24, 2.45) is 0 Å². The molecule has 6 nitrogen and oxygen atoms in total. The van der Waals surface area contributed by atoms with Crippen LogP contribution in [0.2, 0.25) is 0 Å². The topological polar surface area (TPSA) is 73.0 Å². The van der Waals surface area contributed by atoms with Gasteiger partial charge >= 0.3 is 0 Å². The Hall–Kier alpha value is -3.52. The summed E-state index contributed by atoms with van der Waals surface area (Å²) in [5.74, 6) is -1.58. The summed E-state index contributed by atoms with van der Waals surface area (Å²) in [5.41, 5.74) is 4.05. The van der Waals surface area contributed by atoms with Crippen LogP contribution in [0.25, 0.3) is 22.9 Å². The number of benzene rings is 2. The lowest BCUT2D eigenvalue weighted by atomic mass is 10.0. The summed E-state index contributed by atoms with van der Waals surface area (Å²) >= 11 is 0. The second kappa shape index (κ2) is 8.78. The second-order valence-electron chi connectivity index (χ2n) is 8.44. The molecule has 0 aliphatic carbocycles. The van der Waals surface area contributed by atoms with Gasteiger partial charge in [-0.2, -0.15) is 0 Å². The van der Waals surface area contributed by atoms with Crippen molar-refractivity contribution < 1.29 is 13.6 Å². The molecule has 0 atom stereocenters. The van der Waals surface area contributed by atoms with Crippen molar-refractivity contribution in [2.45, 2.75) is 25.8 Å². The van der Waals surface area contributed by atoms with Gasteiger partial charge in [0.15, 0.2) is 11.6 Å². The number of aromatic nitrogens is 2. The summed E-state index contributed by atoms with van der Waals surface area (Å²) in [7, 11) is 0. The summed E-state index contributed by atoms with van der Waals surface area (Å²) in [6, 6.07) is 9.96. The number of imidazole rings is 1. The summed E-state index contributed by atoms with van der Waals surface area (Å²) < 4.78 is 26.8. The molecule has 1 fully saturated rings. The monoisotopic (exact) mass is 449 g/mol. The van der Waals surface area contributed by atoms with Gasteiger partial charge in [-0.1, -0.05) is 6.92 Å². The van der Waals surface area contributed by atoms with Crippen molar-refractivity contribution in [1.82, 2.24) is 14.9 Å². The van der Waals surface area contributed by atoms with Crippen LogP contribution in [0.1, 0.15) is 31.2 Å². The predicted molar refractivity (Wildman–Crippen MR) is 126 cm³/mol. The Morgan fingerprint density at radius 2 is 1.97 bits per heavy atom. The van der Waals surface area contributed by atoms with E-state index in [9.17, 15) is 13.6 Å². The van der Waals surface area contributed by atoms with Gasteiger partial charge in [-0.25, -0.2) is 13.8 Å². The fourth-order valence-electron chi connectivity index (χ4n) is 4.41. The highest BCUT2D eigenvalue weighted by molar-refractivity contribution is 6.34. The lowest BCUT2D eigenvalue weighted by Gasteiger charge is -2.32. The highest BCUT2D eigenvalue weighted by Crippen LogP contribution is 2.35. The molecule has 2 aromatic carbocycles. The molecule has 0 bridgehead atoms. The van der Waals surface area contributed by atoms with Crippen LogP contribution in [0.3, 0.4) is 0 Å². The maximum Gasteiger partial charge on any atom is 0.256 e. The zero-order valence-corrected chi connectivity index (χ0v) is 18.3. The van der Waals surface area contributed by atoms with E-state index in [4.69, 9.17) is 0 Å². The number of nitrogens with zero attached hydrogens (tertiary/aromatic N) is 2. The minimum Gasteiger partial charge on any atom is -0.382 e. The number of rotatable bonds is 5. The molecule has 0 saturated carbocycles. The average Bonchev–Trinajstić information content (AvgIpc) is 3.41.